The summed E-state index contributed by atoms with van der Waals surface area (Å²) in [4.78, 5) is 73.7. The largest absolute Gasteiger partial charge is 0.508 e. The Morgan fingerprint density at radius 3 is 1.61 bits per heavy atom. The van der Waals surface area contributed by atoms with Gasteiger partial charge < -0.3 is 63.3 Å². The number of phenols is 1. The van der Waals surface area contributed by atoms with Crippen LogP contribution in [-0.2, 0) is 35.2 Å². The monoisotopic (exact) mass is 835 g/mol. The first-order chi connectivity index (χ1) is 27.2. The second-order valence-corrected chi connectivity index (χ2v) is 14.5. The highest BCUT2D eigenvalue weighted by Crippen LogP contribution is 2.18. The van der Waals surface area contributed by atoms with E-state index in [1.54, 1.807) is 38.1 Å². The molecule has 19 heteroatoms. The molecule has 0 aliphatic rings. The Morgan fingerprint density at radius 2 is 1.22 bits per heavy atom. The maximum absolute atomic E-state index is 11.2. The van der Waals surface area contributed by atoms with Gasteiger partial charge in [-0.2, -0.15) is 0 Å². The Bertz CT molecular complexity index is 1840. The van der Waals surface area contributed by atoms with E-state index < -0.39 is 59.9 Å². The number of carboxylic acids is 5. The fraction of sp³-hybridized carbons (Fsp3) is 0.475. The standard InChI is InChI=1S/C10H17NO5.C10H9NO2.C9H11NO3.C6H13NO2.C5H11NO2/c1-6(2)5-7(10(15)16)11-8(12)3-4-9(13)14;1-6-4-10(12)13-9-5-7(11)2-3-8(6)9;10-8(9(12)13)5-6-1-3-7(11)4-2-6;1-4(2)3-5(7)6(8)9;1-3(2)4(6)5(7)8/h6-7H,3-5H2,1-2H3,(H,11,12)(H,13,14)(H,15,16);2-5H,11H2,1H3;1-4,8,11H,5,10H2,(H,12,13);4-5H,3,7H2,1-2H3,(H,8,9);3-4H,6H2,1-2H3,(H,7,8)/t7-;;8-;5-;4-/m0.000/s1. The number of rotatable bonds is 15. The zero-order valence-corrected chi connectivity index (χ0v) is 34.5. The van der Waals surface area contributed by atoms with Gasteiger partial charge in [0.05, 0.1) is 6.42 Å². The van der Waals surface area contributed by atoms with E-state index >= 15 is 0 Å². The van der Waals surface area contributed by atoms with Crippen LogP contribution in [0.25, 0.3) is 11.0 Å². The van der Waals surface area contributed by atoms with E-state index in [1.807, 2.05) is 40.7 Å². The van der Waals surface area contributed by atoms with Crippen LogP contribution in [-0.4, -0.2) is 90.6 Å². The quantitative estimate of drug-likeness (QED) is 0.0774. The number of amides is 1. The number of benzene rings is 2. The zero-order chi connectivity index (χ0) is 46.2. The van der Waals surface area contributed by atoms with Crippen LogP contribution in [0.3, 0.4) is 0 Å². The highest BCUT2D eigenvalue weighted by atomic mass is 16.4. The minimum Gasteiger partial charge on any atom is -0.508 e. The number of phenolic OH excluding ortho intramolecular Hbond substituents is 1. The lowest BCUT2D eigenvalue weighted by Gasteiger charge is -2.16. The normalized spacial score (nSPS) is 12.4. The van der Waals surface area contributed by atoms with Crippen molar-refractivity contribution >= 4 is 52.4 Å². The van der Waals surface area contributed by atoms with Gasteiger partial charge in [-0.15, -0.1) is 0 Å². The van der Waals surface area contributed by atoms with Gasteiger partial charge in [-0.3, -0.25) is 24.0 Å². The Hall–Kier alpha value is -6.05. The molecule has 3 aromatic rings. The lowest BCUT2D eigenvalue weighted by Crippen LogP contribution is -2.41. The summed E-state index contributed by atoms with van der Waals surface area (Å²) >= 11 is 0. The molecule has 330 valence electrons. The van der Waals surface area contributed by atoms with Crippen LogP contribution in [0.15, 0.2) is 57.7 Å². The van der Waals surface area contributed by atoms with E-state index in [2.05, 4.69) is 5.32 Å². The summed E-state index contributed by atoms with van der Waals surface area (Å²) < 4.78 is 4.99. The molecule has 4 atom stereocenters. The first kappa shape index (κ1) is 55.0. The number of hydrogen-bond acceptors (Lipinski definition) is 13. The molecule has 0 fully saturated rings. The number of nitrogens with two attached hydrogens (primary N) is 4. The molecule has 0 aliphatic carbocycles. The molecule has 1 amide bonds. The van der Waals surface area contributed by atoms with Crippen molar-refractivity contribution in [1.29, 1.82) is 0 Å². The molecular weight excluding hydrogens is 774 g/mol. The molecule has 0 saturated carbocycles. The molecule has 59 heavy (non-hydrogen) atoms. The van der Waals surface area contributed by atoms with Gasteiger partial charge >= 0.3 is 35.5 Å². The second kappa shape index (κ2) is 28.4. The van der Waals surface area contributed by atoms with E-state index in [0.717, 1.165) is 16.5 Å². The average Bonchev–Trinajstić information content (AvgIpc) is 3.11. The van der Waals surface area contributed by atoms with Crippen molar-refractivity contribution in [3.63, 3.8) is 0 Å². The predicted molar refractivity (Wildman–Crippen MR) is 220 cm³/mol. The summed E-state index contributed by atoms with van der Waals surface area (Å²) in [6, 6.07) is 9.84. The average molecular weight is 836 g/mol. The van der Waals surface area contributed by atoms with E-state index in [-0.39, 0.29) is 42.5 Å². The fourth-order valence-corrected chi connectivity index (χ4v) is 4.39. The van der Waals surface area contributed by atoms with Crippen LogP contribution >= 0.6 is 0 Å². The molecule has 0 bridgehead atoms. The highest BCUT2D eigenvalue weighted by Gasteiger charge is 2.21. The summed E-state index contributed by atoms with van der Waals surface area (Å²) in [7, 11) is 0. The summed E-state index contributed by atoms with van der Waals surface area (Å²) in [6.07, 6.45) is 0.663. The number of aliphatic carboxylic acids is 5. The number of aryl methyl sites for hydroxylation is 1. The summed E-state index contributed by atoms with van der Waals surface area (Å²) in [5, 5.41) is 54.4. The number of anilines is 1. The number of nitrogens with one attached hydrogen (secondary N) is 1. The first-order valence-electron chi connectivity index (χ1n) is 18.4. The molecule has 0 aliphatic heterocycles. The van der Waals surface area contributed by atoms with Gasteiger partial charge in [0, 0.05) is 29.6 Å². The number of carboxylic acid groups (broad SMARTS) is 5. The maximum atomic E-state index is 11.2. The lowest BCUT2D eigenvalue weighted by molar-refractivity contribution is -0.143. The van der Waals surface area contributed by atoms with Crippen LogP contribution < -0.4 is 33.9 Å². The number of aromatic hydroxyl groups is 1. The molecular formula is C40H61N5O14. The van der Waals surface area contributed by atoms with E-state index in [0.29, 0.717) is 30.0 Å². The Labute approximate surface area is 342 Å². The van der Waals surface area contributed by atoms with Crippen LogP contribution in [0.1, 0.15) is 78.4 Å². The SMILES string of the molecule is CC(C)C[C@H](N)C(=O)O.CC(C)C[C@H](NC(=O)CCC(=O)O)C(=O)O.CC(C)[C@H](N)C(=O)O.Cc1cc(=O)oc2cc(N)ccc12.N[C@@H](Cc1ccc(O)cc1)C(=O)O. The molecule has 2 aromatic carbocycles. The van der Waals surface area contributed by atoms with E-state index in [4.69, 9.17) is 58.0 Å². The van der Waals surface area contributed by atoms with Gasteiger partial charge in [0.2, 0.25) is 5.91 Å². The van der Waals surface area contributed by atoms with E-state index in [9.17, 15) is 33.6 Å². The van der Waals surface area contributed by atoms with Gasteiger partial charge in [-0.25, -0.2) is 9.59 Å². The molecule has 0 radical (unpaired) electrons. The zero-order valence-electron chi connectivity index (χ0n) is 34.5. The Morgan fingerprint density at radius 1 is 0.695 bits per heavy atom. The third-order valence-electron chi connectivity index (χ3n) is 7.64. The molecule has 19 nitrogen and oxygen atoms in total. The summed E-state index contributed by atoms with van der Waals surface area (Å²) in [5.41, 5.74) is 23.8. The minimum absolute atomic E-state index is 0.0208. The maximum Gasteiger partial charge on any atom is 0.336 e. The van der Waals surface area contributed by atoms with Crippen LogP contribution in [0.2, 0.25) is 0 Å². The smallest absolute Gasteiger partial charge is 0.336 e. The van der Waals surface area contributed by atoms with Crippen LogP contribution in [0.4, 0.5) is 5.69 Å². The molecule has 1 heterocycles. The van der Waals surface area contributed by atoms with E-state index in [1.165, 1.54) is 18.2 Å². The molecule has 15 N–H and O–H groups in total. The van der Waals surface area contributed by atoms with Gasteiger partial charge in [0.15, 0.2) is 0 Å². The first-order valence-corrected chi connectivity index (χ1v) is 18.4. The summed E-state index contributed by atoms with van der Waals surface area (Å²) in [6.45, 7) is 13.0. The Kier molecular flexibility index (Phi) is 26.5. The van der Waals surface area contributed by atoms with Gasteiger partial charge in [0.1, 0.15) is 35.5 Å². The molecule has 1 aromatic heterocycles. The minimum atomic E-state index is -1.10. The number of carbonyl (C=O) groups is 6. The molecule has 0 spiro atoms. The van der Waals surface area contributed by atoms with Crippen molar-refractivity contribution in [3.05, 3.63) is 70.1 Å². The van der Waals surface area contributed by atoms with Gasteiger partial charge in [-0.1, -0.05) is 53.7 Å². The number of hydrogen-bond donors (Lipinski definition) is 11. The van der Waals surface area contributed by atoms with Crippen molar-refractivity contribution in [2.75, 3.05) is 5.73 Å². The molecule has 0 saturated heterocycles. The van der Waals surface area contributed by atoms with Gasteiger partial charge in [0.25, 0.3) is 0 Å². The summed E-state index contributed by atoms with van der Waals surface area (Å²) in [5.74, 6) is -4.91. The third kappa shape index (κ3) is 26.5. The van der Waals surface area contributed by atoms with Gasteiger partial charge in [-0.05, 0) is 79.3 Å². The number of fused-ring (bicyclic) bond motifs is 1. The fourth-order valence-electron chi connectivity index (χ4n) is 4.39. The second-order valence-electron chi connectivity index (χ2n) is 14.5. The Balaban J connectivity index is 0. The van der Waals surface area contributed by atoms with Crippen molar-refractivity contribution in [2.24, 2.45) is 35.0 Å². The van der Waals surface area contributed by atoms with Crippen molar-refractivity contribution in [2.45, 2.75) is 105 Å². The van der Waals surface area contributed by atoms with Crippen molar-refractivity contribution in [3.8, 4) is 5.75 Å². The molecule has 0 unspecified atom stereocenters. The van der Waals surface area contributed by atoms with Crippen LogP contribution in [0, 0.1) is 24.7 Å². The highest BCUT2D eigenvalue weighted by molar-refractivity contribution is 5.85. The van der Waals surface area contributed by atoms with Crippen molar-refractivity contribution < 1.29 is 63.8 Å². The third-order valence-corrected chi connectivity index (χ3v) is 7.64. The number of nitrogen functional groups attached to an aromatic ring is 1. The predicted octanol–water partition coefficient (Wildman–Crippen LogP) is 3.00. The molecule has 3 rings (SSSR count). The lowest BCUT2D eigenvalue weighted by atomic mass is 10.0. The number of carbonyl (C=O) groups excluding carboxylic acids is 1. The topological polar surface area (TPSA) is 370 Å². The van der Waals surface area contributed by atoms with Crippen molar-refractivity contribution in [1.82, 2.24) is 5.32 Å². The van der Waals surface area contributed by atoms with Crippen LogP contribution in [0.5, 0.6) is 5.75 Å².